The van der Waals surface area contributed by atoms with Crippen molar-refractivity contribution in [2.45, 2.75) is 19.0 Å². The normalized spacial score (nSPS) is 16.8. The second kappa shape index (κ2) is 6.47. The van der Waals surface area contributed by atoms with Crippen molar-refractivity contribution in [3.05, 3.63) is 53.4 Å². The molecule has 2 aromatic carbocycles. The largest absolute Gasteiger partial charge is 0.465 e. The van der Waals surface area contributed by atoms with Crippen LogP contribution >= 0.6 is 0 Å². The molecule has 1 aromatic heterocycles. The predicted molar refractivity (Wildman–Crippen MR) is 103 cm³/mol. The first-order valence-corrected chi connectivity index (χ1v) is 8.85. The number of fused-ring (bicyclic) bond motifs is 2. The first-order valence-electron chi connectivity index (χ1n) is 8.85. The molecule has 6 nitrogen and oxygen atoms in total. The summed E-state index contributed by atoms with van der Waals surface area (Å²) in [5.41, 5.74) is 2.74. The maximum atomic E-state index is 14.2. The summed E-state index contributed by atoms with van der Waals surface area (Å²) in [6, 6.07) is 7.36. The van der Waals surface area contributed by atoms with E-state index in [0.29, 0.717) is 11.3 Å². The molecule has 1 N–H and O–H groups in total. The lowest BCUT2D eigenvalue weighted by molar-refractivity contribution is 0.0601. The van der Waals surface area contributed by atoms with Crippen LogP contribution in [0.25, 0.3) is 11.0 Å². The topological polar surface area (TPSA) is 59.4 Å². The average molecular weight is 386 g/mol. The van der Waals surface area contributed by atoms with Crippen LogP contribution in [-0.4, -0.2) is 35.8 Å². The third kappa shape index (κ3) is 2.67. The molecule has 0 radical (unpaired) electrons. The maximum absolute atomic E-state index is 14.2. The molecule has 3 aromatic rings. The highest BCUT2D eigenvalue weighted by molar-refractivity contribution is 5.93. The van der Waals surface area contributed by atoms with Gasteiger partial charge in [0.15, 0.2) is 5.82 Å². The predicted octanol–water partition coefficient (Wildman–Crippen LogP) is 3.63. The zero-order chi connectivity index (χ0) is 20.2. The Hall–Kier alpha value is -3.16. The molecule has 8 heteroatoms. The monoisotopic (exact) mass is 386 g/mol. The van der Waals surface area contributed by atoms with E-state index in [1.54, 1.807) is 25.2 Å². The van der Waals surface area contributed by atoms with Gasteiger partial charge in [-0.25, -0.2) is 18.6 Å². The van der Waals surface area contributed by atoms with Crippen LogP contribution in [0.2, 0.25) is 0 Å². The van der Waals surface area contributed by atoms with Crippen molar-refractivity contribution < 1.29 is 18.3 Å². The highest BCUT2D eigenvalue weighted by Gasteiger charge is 2.35. The van der Waals surface area contributed by atoms with E-state index in [1.807, 2.05) is 23.4 Å². The summed E-state index contributed by atoms with van der Waals surface area (Å²) in [5.74, 6) is -1.04. The summed E-state index contributed by atoms with van der Waals surface area (Å²) in [4.78, 5) is 18.3. The Bertz CT molecular complexity index is 1100. The molecule has 146 valence electrons. The minimum atomic E-state index is -0.621. The Kier molecular flexibility index (Phi) is 4.21. The van der Waals surface area contributed by atoms with Crippen LogP contribution < -0.4 is 10.2 Å². The zero-order valence-corrected chi connectivity index (χ0v) is 16.0. The van der Waals surface area contributed by atoms with Crippen molar-refractivity contribution in [3.63, 3.8) is 0 Å². The Morgan fingerprint density at radius 1 is 1.25 bits per heavy atom. The number of carbonyl (C=O) groups excluding carboxylic acids is 1. The molecule has 1 aliphatic rings. The number of aryl methyl sites for hydroxylation is 1. The van der Waals surface area contributed by atoms with Gasteiger partial charge in [0.25, 0.3) is 0 Å². The Labute approximate surface area is 160 Å². The number of rotatable bonds is 3. The Morgan fingerprint density at radius 3 is 2.71 bits per heavy atom. The summed E-state index contributed by atoms with van der Waals surface area (Å²) >= 11 is 0. The minimum Gasteiger partial charge on any atom is -0.465 e. The highest BCUT2D eigenvalue weighted by Crippen LogP contribution is 2.40. The number of nitrogens with zero attached hydrogens (tertiary/aromatic N) is 3. The molecule has 0 saturated carbocycles. The van der Waals surface area contributed by atoms with Crippen LogP contribution in [0.15, 0.2) is 30.3 Å². The average Bonchev–Trinajstić information content (AvgIpc) is 3.18. The number of anilines is 2. The molecule has 2 heterocycles. The van der Waals surface area contributed by atoms with Gasteiger partial charge in [-0.15, -0.1) is 0 Å². The lowest BCUT2D eigenvalue weighted by Gasteiger charge is -2.27. The molecule has 4 rings (SSSR count). The molecular formula is C20H20F2N4O2. The summed E-state index contributed by atoms with van der Waals surface area (Å²) < 4.78 is 34.5. The van der Waals surface area contributed by atoms with Crippen molar-refractivity contribution in [2.24, 2.45) is 7.05 Å². The zero-order valence-electron chi connectivity index (χ0n) is 16.0. The van der Waals surface area contributed by atoms with Gasteiger partial charge in [-0.05, 0) is 24.3 Å². The fraction of sp³-hybridized carbons (Fsp3) is 0.300. The van der Waals surface area contributed by atoms with Crippen molar-refractivity contribution in [3.8, 4) is 0 Å². The number of esters is 1. The first-order chi connectivity index (χ1) is 13.3. The summed E-state index contributed by atoms with van der Waals surface area (Å²) in [6.45, 7) is 1.97. The van der Waals surface area contributed by atoms with E-state index in [9.17, 15) is 13.6 Å². The number of hydrogen-bond acceptors (Lipinski definition) is 5. The van der Waals surface area contributed by atoms with Gasteiger partial charge in [-0.3, -0.25) is 0 Å². The molecule has 0 amide bonds. The molecule has 2 unspecified atom stereocenters. The fourth-order valence-corrected chi connectivity index (χ4v) is 3.84. The molecular weight excluding hydrogens is 366 g/mol. The van der Waals surface area contributed by atoms with Gasteiger partial charge >= 0.3 is 5.97 Å². The van der Waals surface area contributed by atoms with Crippen molar-refractivity contribution in [1.29, 1.82) is 0 Å². The molecule has 0 bridgehead atoms. The Morgan fingerprint density at radius 2 is 2.00 bits per heavy atom. The van der Waals surface area contributed by atoms with Gasteiger partial charge in [0, 0.05) is 20.2 Å². The van der Waals surface area contributed by atoms with Crippen LogP contribution in [0.1, 0.15) is 29.0 Å². The third-order valence-electron chi connectivity index (χ3n) is 5.34. The van der Waals surface area contributed by atoms with E-state index < -0.39 is 17.6 Å². The summed E-state index contributed by atoms with van der Waals surface area (Å²) in [6.07, 6.45) is -0.304. The molecule has 0 aliphatic carbocycles. The second-order valence-corrected chi connectivity index (χ2v) is 6.99. The Balaban J connectivity index is 1.71. The number of halogens is 2. The molecule has 2 atom stereocenters. The molecule has 0 saturated heterocycles. The smallest absolute Gasteiger partial charge is 0.337 e. The summed E-state index contributed by atoms with van der Waals surface area (Å²) in [5, 5.41) is 3.15. The van der Waals surface area contributed by atoms with Gasteiger partial charge in [-0.2, -0.15) is 0 Å². The molecule has 0 fully saturated rings. The number of methoxy groups -OCH3 is 1. The van der Waals surface area contributed by atoms with E-state index in [4.69, 9.17) is 9.72 Å². The standard InChI is InChI=1S/C20H20F2N4O2/c1-10(19-24-17-13(22)8-12(21)9-16(17)26(19)3)18-23-14-6-5-11(20(27)28-4)7-15(14)25(18)2/h5-10,19,24H,1-4H3. The van der Waals surface area contributed by atoms with Gasteiger partial charge in [0.2, 0.25) is 0 Å². The number of benzene rings is 2. The number of aromatic nitrogens is 2. The highest BCUT2D eigenvalue weighted by atomic mass is 19.1. The van der Waals surface area contributed by atoms with E-state index in [0.717, 1.165) is 22.9 Å². The van der Waals surface area contributed by atoms with Crippen molar-refractivity contribution in [1.82, 2.24) is 9.55 Å². The number of ether oxygens (including phenoxy) is 1. The van der Waals surface area contributed by atoms with E-state index in [2.05, 4.69) is 5.32 Å². The molecule has 1 aliphatic heterocycles. The van der Waals surface area contributed by atoms with Gasteiger partial charge in [-0.1, -0.05) is 6.92 Å². The van der Waals surface area contributed by atoms with Gasteiger partial charge < -0.3 is 19.5 Å². The third-order valence-corrected chi connectivity index (χ3v) is 5.34. The van der Waals surface area contributed by atoms with Crippen molar-refractivity contribution >= 4 is 28.4 Å². The van der Waals surface area contributed by atoms with Gasteiger partial charge in [0.05, 0.1) is 41.0 Å². The number of nitrogens with one attached hydrogen (secondary N) is 1. The van der Waals surface area contributed by atoms with Crippen LogP contribution in [0, 0.1) is 11.6 Å². The van der Waals surface area contributed by atoms with Crippen LogP contribution in [0.3, 0.4) is 0 Å². The van der Waals surface area contributed by atoms with Crippen molar-refractivity contribution in [2.75, 3.05) is 24.4 Å². The quantitative estimate of drug-likeness (QED) is 0.697. The summed E-state index contributed by atoms with van der Waals surface area (Å²) in [7, 11) is 4.99. The first kappa shape index (κ1) is 18.2. The number of hydrogen-bond donors (Lipinski definition) is 1. The van der Waals surface area contributed by atoms with Gasteiger partial charge in [0.1, 0.15) is 17.8 Å². The number of likely N-dealkylation sites (N-methyl/N-ethyl adjacent to an activating group) is 1. The minimum absolute atomic E-state index is 0.154. The SMILES string of the molecule is COC(=O)c1ccc2nc(C(C)C3Nc4c(F)cc(F)cc4N3C)n(C)c2c1. The number of carbonyl (C=O) groups is 1. The molecule has 28 heavy (non-hydrogen) atoms. The van der Waals surface area contributed by atoms with E-state index in [-0.39, 0.29) is 17.8 Å². The van der Waals surface area contributed by atoms with Crippen LogP contribution in [0.5, 0.6) is 0 Å². The fourth-order valence-electron chi connectivity index (χ4n) is 3.84. The number of imidazole rings is 1. The van der Waals surface area contributed by atoms with E-state index in [1.165, 1.54) is 13.2 Å². The maximum Gasteiger partial charge on any atom is 0.337 e. The van der Waals surface area contributed by atoms with Crippen LogP contribution in [-0.2, 0) is 11.8 Å². The van der Waals surface area contributed by atoms with E-state index >= 15 is 0 Å². The molecule has 0 spiro atoms. The lowest BCUT2D eigenvalue weighted by Crippen LogP contribution is -2.37. The lowest BCUT2D eigenvalue weighted by atomic mass is 10.1. The van der Waals surface area contributed by atoms with Crippen LogP contribution in [0.4, 0.5) is 20.2 Å². The second-order valence-electron chi connectivity index (χ2n) is 6.99.